The lowest BCUT2D eigenvalue weighted by Crippen LogP contribution is -2.41. The van der Waals surface area contributed by atoms with Gasteiger partial charge in [-0.3, -0.25) is 0 Å². The van der Waals surface area contributed by atoms with Gasteiger partial charge in [-0.25, -0.2) is 0 Å². The van der Waals surface area contributed by atoms with E-state index in [9.17, 15) is 0 Å². The molecule has 0 radical (unpaired) electrons. The third kappa shape index (κ3) is 3.52. The van der Waals surface area contributed by atoms with Crippen LogP contribution in [0.2, 0.25) is 18.1 Å². The molecule has 0 N–H and O–H groups in total. The van der Waals surface area contributed by atoms with Gasteiger partial charge >= 0.3 is 0 Å². The summed E-state index contributed by atoms with van der Waals surface area (Å²) in [5.41, 5.74) is 1.24. The van der Waals surface area contributed by atoms with E-state index >= 15 is 0 Å². The molecule has 1 aliphatic heterocycles. The molecule has 1 aliphatic rings. The molecule has 2 nitrogen and oxygen atoms in total. The molecule has 3 heteroatoms. The Morgan fingerprint density at radius 1 is 1.20 bits per heavy atom. The average Bonchev–Trinajstić information content (AvgIpc) is 2.85. The number of benzene rings is 1. The van der Waals surface area contributed by atoms with Crippen molar-refractivity contribution in [1.82, 2.24) is 0 Å². The van der Waals surface area contributed by atoms with E-state index in [1.807, 2.05) is 6.07 Å². The smallest absolute Gasteiger partial charge is 0.192 e. The Morgan fingerprint density at radius 3 is 2.45 bits per heavy atom. The van der Waals surface area contributed by atoms with E-state index in [0.717, 1.165) is 12.2 Å². The van der Waals surface area contributed by atoms with Crippen molar-refractivity contribution in [3.05, 3.63) is 47.7 Å². The monoisotopic (exact) mass is 290 g/mol. The van der Waals surface area contributed by atoms with Crippen LogP contribution < -0.4 is 0 Å². The van der Waals surface area contributed by atoms with E-state index in [1.54, 1.807) is 0 Å². The van der Waals surface area contributed by atoms with Crippen LogP contribution in [-0.2, 0) is 9.16 Å². The molecule has 1 aromatic carbocycles. The van der Waals surface area contributed by atoms with Gasteiger partial charge in [0.2, 0.25) is 0 Å². The van der Waals surface area contributed by atoms with Crippen molar-refractivity contribution in [2.24, 2.45) is 0 Å². The van der Waals surface area contributed by atoms with Crippen LogP contribution in [0.25, 0.3) is 0 Å². The quantitative estimate of drug-likeness (QED) is 0.722. The van der Waals surface area contributed by atoms with Crippen LogP contribution in [0.1, 0.15) is 38.9 Å². The summed E-state index contributed by atoms with van der Waals surface area (Å²) in [6.45, 7) is 11.9. The highest BCUT2D eigenvalue weighted by molar-refractivity contribution is 6.74. The summed E-state index contributed by atoms with van der Waals surface area (Å²) >= 11 is 0. The number of rotatable bonds is 4. The van der Waals surface area contributed by atoms with Gasteiger partial charge in [0, 0.05) is 6.42 Å². The van der Waals surface area contributed by atoms with Crippen LogP contribution in [-0.4, -0.2) is 14.9 Å². The van der Waals surface area contributed by atoms with E-state index in [1.165, 1.54) is 5.56 Å². The van der Waals surface area contributed by atoms with Gasteiger partial charge in [-0.2, -0.15) is 0 Å². The highest BCUT2D eigenvalue weighted by Crippen LogP contribution is 2.38. The predicted molar refractivity (Wildman–Crippen MR) is 86.1 cm³/mol. The lowest BCUT2D eigenvalue weighted by Gasteiger charge is -2.36. The summed E-state index contributed by atoms with van der Waals surface area (Å²) in [4.78, 5) is 0. The Kier molecular flexibility index (Phi) is 4.40. The largest absolute Gasteiger partial charge is 0.488 e. The van der Waals surface area contributed by atoms with E-state index < -0.39 is 8.32 Å². The zero-order chi connectivity index (χ0) is 14.8. The minimum Gasteiger partial charge on any atom is -0.488 e. The number of hydrogen-bond acceptors (Lipinski definition) is 2. The first-order chi connectivity index (χ1) is 9.29. The Bertz CT molecular complexity index is 472. The average molecular weight is 290 g/mol. The standard InChI is InChI=1S/C17H26O2Si/c1-17(2,3)20(4,5)18-13-15-11-12-16(19-15)14-9-7-6-8-10-14/h6-11,16H,12-13H2,1-5H3. The minimum absolute atomic E-state index is 0.161. The molecule has 1 heterocycles. The molecule has 0 fully saturated rings. The molecule has 0 saturated carbocycles. The molecule has 0 bridgehead atoms. The predicted octanol–water partition coefficient (Wildman–Crippen LogP) is 5.05. The fraction of sp³-hybridized carbons (Fsp3) is 0.529. The number of hydrogen-bond donors (Lipinski definition) is 0. The van der Waals surface area contributed by atoms with E-state index in [4.69, 9.17) is 9.16 Å². The van der Waals surface area contributed by atoms with Crippen molar-refractivity contribution in [2.75, 3.05) is 6.61 Å². The number of ether oxygens (including phenoxy) is 1. The molecule has 0 aromatic heterocycles. The first kappa shape index (κ1) is 15.3. The first-order valence-electron chi connectivity index (χ1n) is 7.34. The molecule has 0 amide bonds. The maximum absolute atomic E-state index is 6.21. The van der Waals surface area contributed by atoms with Gasteiger partial charge in [0.15, 0.2) is 8.32 Å². The van der Waals surface area contributed by atoms with Gasteiger partial charge in [0.25, 0.3) is 0 Å². The van der Waals surface area contributed by atoms with Gasteiger partial charge in [0.05, 0.1) is 6.61 Å². The van der Waals surface area contributed by atoms with Crippen molar-refractivity contribution < 1.29 is 9.16 Å². The Hall–Kier alpha value is -1.06. The lowest BCUT2D eigenvalue weighted by molar-refractivity contribution is 0.116. The van der Waals surface area contributed by atoms with Gasteiger partial charge in [-0.05, 0) is 29.8 Å². The Balaban J connectivity index is 1.88. The van der Waals surface area contributed by atoms with Crippen LogP contribution in [0.15, 0.2) is 42.2 Å². The second kappa shape index (κ2) is 5.74. The van der Waals surface area contributed by atoms with Crippen LogP contribution in [0.5, 0.6) is 0 Å². The topological polar surface area (TPSA) is 18.5 Å². The second-order valence-electron chi connectivity index (χ2n) is 6.97. The molecule has 110 valence electrons. The molecular weight excluding hydrogens is 264 g/mol. The van der Waals surface area contributed by atoms with Crippen LogP contribution >= 0.6 is 0 Å². The highest BCUT2D eigenvalue weighted by atomic mass is 28.4. The van der Waals surface area contributed by atoms with Crippen LogP contribution in [0.3, 0.4) is 0 Å². The zero-order valence-corrected chi connectivity index (χ0v) is 14.3. The summed E-state index contributed by atoms with van der Waals surface area (Å²) < 4.78 is 12.2. The molecule has 1 atom stereocenters. The molecule has 1 aromatic rings. The molecule has 20 heavy (non-hydrogen) atoms. The SMILES string of the molecule is CC(C)(C)[Si](C)(C)OCC1=CCC(c2ccccc2)O1. The third-order valence-corrected chi connectivity index (χ3v) is 8.88. The van der Waals surface area contributed by atoms with Crippen molar-refractivity contribution in [3.63, 3.8) is 0 Å². The Labute approximate surface area is 123 Å². The molecule has 0 saturated heterocycles. The van der Waals surface area contributed by atoms with Crippen LogP contribution in [0.4, 0.5) is 0 Å². The van der Waals surface area contributed by atoms with Gasteiger partial charge in [-0.1, -0.05) is 51.1 Å². The Morgan fingerprint density at radius 2 is 1.85 bits per heavy atom. The van der Waals surface area contributed by atoms with Gasteiger partial charge in [0.1, 0.15) is 11.9 Å². The minimum atomic E-state index is -1.69. The second-order valence-corrected chi connectivity index (χ2v) is 11.8. The highest BCUT2D eigenvalue weighted by Gasteiger charge is 2.37. The zero-order valence-electron chi connectivity index (χ0n) is 13.3. The molecule has 2 rings (SSSR count). The van der Waals surface area contributed by atoms with Gasteiger partial charge < -0.3 is 9.16 Å². The molecular formula is C17H26O2Si. The first-order valence-corrected chi connectivity index (χ1v) is 10.2. The molecule has 0 aliphatic carbocycles. The van der Waals surface area contributed by atoms with Crippen LogP contribution in [0, 0.1) is 0 Å². The van der Waals surface area contributed by atoms with Crippen molar-refractivity contribution in [1.29, 1.82) is 0 Å². The maximum Gasteiger partial charge on any atom is 0.192 e. The van der Waals surface area contributed by atoms with Crippen molar-refractivity contribution in [2.45, 2.75) is 51.4 Å². The maximum atomic E-state index is 6.21. The van der Waals surface area contributed by atoms with E-state index in [0.29, 0.717) is 6.61 Å². The fourth-order valence-corrected chi connectivity index (χ4v) is 2.89. The van der Waals surface area contributed by atoms with Crippen molar-refractivity contribution in [3.8, 4) is 0 Å². The lowest BCUT2D eigenvalue weighted by atomic mass is 10.1. The van der Waals surface area contributed by atoms with E-state index in [-0.39, 0.29) is 11.1 Å². The summed E-state index contributed by atoms with van der Waals surface area (Å²) in [6, 6.07) is 10.4. The van der Waals surface area contributed by atoms with Crippen molar-refractivity contribution >= 4 is 8.32 Å². The van der Waals surface area contributed by atoms with Gasteiger partial charge in [-0.15, -0.1) is 0 Å². The summed E-state index contributed by atoms with van der Waals surface area (Å²) in [5.74, 6) is 0.990. The molecule has 1 unspecified atom stereocenters. The summed E-state index contributed by atoms with van der Waals surface area (Å²) in [5, 5.41) is 0.241. The fourth-order valence-electron chi connectivity index (χ4n) is 1.95. The summed E-state index contributed by atoms with van der Waals surface area (Å²) in [7, 11) is -1.69. The van der Waals surface area contributed by atoms with E-state index in [2.05, 4.69) is 64.2 Å². The third-order valence-electron chi connectivity index (χ3n) is 4.41. The summed E-state index contributed by atoms with van der Waals surface area (Å²) in [6.07, 6.45) is 3.28. The molecule has 0 spiro atoms. The normalized spacial score (nSPS) is 19.6.